The fourth-order valence-corrected chi connectivity index (χ4v) is 2.77. The van der Waals surface area contributed by atoms with Gasteiger partial charge in [0.1, 0.15) is 0 Å². The molecule has 2 saturated carbocycles. The van der Waals surface area contributed by atoms with E-state index in [0.29, 0.717) is 6.04 Å². The smallest absolute Gasteiger partial charge is 0.0243 e. The van der Waals surface area contributed by atoms with Crippen LogP contribution in [0.1, 0.15) is 38.5 Å². The van der Waals surface area contributed by atoms with Gasteiger partial charge in [0.15, 0.2) is 0 Å². The minimum Gasteiger partial charge on any atom is -0.329 e. The first-order valence-electron chi connectivity index (χ1n) is 6.21. The van der Waals surface area contributed by atoms with Crippen molar-refractivity contribution in [2.45, 2.75) is 44.6 Å². The molecule has 2 aliphatic carbocycles. The molecule has 2 nitrogen and oxygen atoms in total. The van der Waals surface area contributed by atoms with Crippen molar-refractivity contribution in [3.8, 4) is 0 Å². The summed E-state index contributed by atoms with van der Waals surface area (Å²) in [5, 5.41) is 0. The monoisotopic (exact) mass is 196 g/mol. The molecule has 1 unspecified atom stereocenters. The minimum atomic E-state index is 0.671. The number of hydrogen-bond donors (Lipinski definition) is 1. The predicted octanol–water partition coefficient (Wildman–Crippen LogP) is 1.85. The normalized spacial score (nSPS) is 25.9. The molecule has 2 fully saturated rings. The van der Waals surface area contributed by atoms with Gasteiger partial charge in [-0.15, -0.1) is 0 Å². The fourth-order valence-electron chi connectivity index (χ4n) is 2.77. The Balaban J connectivity index is 1.76. The van der Waals surface area contributed by atoms with Gasteiger partial charge in [-0.25, -0.2) is 0 Å². The Hall–Kier alpha value is -0.0800. The van der Waals surface area contributed by atoms with E-state index in [0.717, 1.165) is 18.4 Å². The summed E-state index contributed by atoms with van der Waals surface area (Å²) in [6.45, 7) is 2.15. The van der Waals surface area contributed by atoms with Crippen LogP contribution in [0.15, 0.2) is 0 Å². The van der Waals surface area contributed by atoms with Gasteiger partial charge in [0.05, 0.1) is 0 Å². The van der Waals surface area contributed by atoms with Gasteiger partial charge < -0.3 is 10.6 Å². The molecule has 2 N–H and O–H groups in total. The van der Waals surface area contributed by atoms with Crippen LogP contribution in [0.3, 0.4) is 0 Å². The second-order valence-corrected chi connectivity index (χ2v) is 5.23. The van der Waals surface area contributed by atoms with Gasteiger partial charge in [0.2, 0.25) is 0 Å². The first kappa shape index (κ1) is 10.4. The second kappa shape index (κ2) is 4.63. The zero-order valence-electron chi connectivity index (χ0n) is 9.41. The van der Waals surface area contributed by atoms with Crippen LogP contribution in [0.2, 0.25) is 0 Å². The molecule has 0 saturated heterocycles. The largest absolute Gasteiger partial charge is 0.329 e. The average molecular weight is 196 g/mol. The van der Waals surface area contributed by atoms with Gasteiger partial charge in [-0.1, -0.05) is 12.8 Å². The zero-order chi connectivity index (χ0) is 9.97. The molecule has 0 aliphatic heterocycles. The van der Waals surface area contributed by atoms with Crippen LogP contribution in [0.4, 0.5) is 0 Å². The lowest BCUT2D eigenvalue weighted by Crippen LogP contribution is -2.48. The molecule has 2 aliphatic rings. The Morgan fingerprint density at radius 2 is 1.86 bits per heavy atom. The lowest BCUT2D eigenvalue weighted by atomic mass is 9.78. The van der Waals surface area contributed by atoms with E-state index in [1.807, 2.05) is 0 Å². The SMILES string of the molecule is CN(CC1CCC1)C(CN)C1CCC1. The van der Waals surface area contributed by atoms with Gasteiger partial charge in [0, 0.05) is 19.1 Å². The summed E-state index contributed by atoms with van der Waals surface area (Å²) in [6, 6.07) is 0.671. The van der Waals surface area contributed by atoms with Crippen LogP contribution < -0.4 is 5.73 Å². The van der Waals surface area contributed by atoms with E-state index in [1.165, 1.54) is 45.1 Å². The Labute approximate surface area is 87.8 Å². The molecule has 0 spiro atoms. The molecule has 2 heteroatoms. The molecule has 0 bridgehead atoms. The summed E-state index contributed by atoms with van der Waals surface area (Å²) >= 11 is 0. The molecule has 82 valence electrons. The number of nitrogens with zero attached hydrogens (tertiary/aromatic N) is 1. The molecule has 0 aromatic rings. The van der Waals surface area contributed by atoms with Crippen molar-refractivity contribution >= 4 is 0 Å². The van der Waals surface area contributed by atoms with E-state index < -0.39 is 0 Å². The van der Waals surface area contributed by atoms with E-state index in [2.05, 4.69) is 11.9 Å². The highest BCUT2D eigenvalue weighted by Gasteiger charge is 2.30. The van der Waals surface area contributed by atoms with Gasteiger partial charge in [-0.3, -0.25) is 0 Å². The summed E-state index contributed by atoms with van der Waals surface area (Å²) in [6.07, 6.45) is 8.61. The fraction of sp³-hybridized carbons (Fsp3) is 1.00. The van der Waals surface area contributed by atoms with E-state index >= 15 is 0 Å². The van der Waals surface area contributed by atoms with E-state index in [1.54, 1.807) is 0 Å². The van der Waals surface area contributed by atoms with Crippen LogP contribution in [-0.2, 0) is 0 Å². The molecule has 0 amide bonds. The van der Waals surface area contributed by atoms with Crippen molar-refractivity contribution in [1.29, 1.82) is 0 Å². The first-order chi connectivity index (χ1) is 6.81. The summed E-state index contributed by atoms with van der Waals surface area (Å²) in [5.74, 6) is 1.89. The maximum Gasteiger partial charge on any atom is 0.0243 e. The average Bonchev–Trinajstić information content (AvgIpc) is 2.03. The maximum absolute atomic E-state index is 5.88. The van der Waals surface area contributed by atoms with Gasteiger partial charge in [0.25, 0.3) is 0 Å². The maximum atomic E-state index is 5.88. The van der Waals surface area contributed by atoms with Gasteiger partial charge >= 0.3 is 0 Å². The topological polar surface area (TPSA) is 29.3 Å². The van der Waals surface area contributed by atoms with Crippen molar-refractivity contribution in [2.24, 2.45) is 17.6 Å². The third kappa shape index (κ3) is 2.12. The van der Waals surface area contributed by atoms with Crippen LogP contribution in [0.25, 0.3) is 0 Å². The van der Waals surface area contributed by atoms with E-state index in [-0.39, 0.29) is 0 Å². The van der Waals surface area contributed by atoms with Crippen LogP contribution in [0.5, 0.6) is 0 Å². The molecule has 0 aromatic heterocycles. The standard InChI is InChI=1S/C12H24N2/c1-14(9-10-4-2-5-10)12(8-13)11-6-3-7-11/h10-12H,2-9,13H2,1H3. The number of likely N-dealkylation sites (N-methyl/N-ethyl adjacent to an activating group) is 1. The van der Waals surface area contributed by atoms with Crippen molar-refractivity contribution in [3.05, 3.63) is 0 Å². The van der Waals surface area contributed by atoms with Crippen molar-refractivity contribution in [1.82, 2.24) is 4.90 Å². The van der Waals surface area contributed by atoms with E-state index in [4.69, 9.17) is 5.73 Å². The Kier molecular flexibility index (Phi) is 3.45. The van der Waals surface area contributed by atoms with Crippen LogP contribution in [-0.4, -0.2) is 31.1 Å². The lowest BCUT2D eigenvalue weighted by Gasteiger charge is -2.41. The van der Waals surface area contributed by atoms with Crippen molar-refractivity contribution < 1.29 is 0 Å². The third-order valence-corrected chi connectivity index (χ3v) is 4.27. The minimum absolute atomic E-state index is 0.671. The molecule has 14 heavy (non-hydrogen) atoms. The summed E-state index contributed by atoms with van der Waals surface area (Å²) < 4.78 is 0. The summed E-state index contributed by atoms with van der Waals surface area (Å²) in [5.41, 5.74) is 5.88. The van der Waals surface area contributed by atoms with Crippen molar-refractivity contribution in [3.63, 3.8) is 0 Å². The molecule has 2 rings (SSSR count). The highest BCUT2D eigenvalue weighted by molar-refractivity contribution is 4.86. The number of nitrogens with two attached hydrogens (primary N) is 1. The van der Waals surface area contributed by atoms with Crippen molar-refractivity contribution in [2.75, 3.05) is 20.1 Å². The quantitative estimate of drug-likeness (QED) is 0.727. The summed E-state index contributed by atoms with van der Waals surface area (Å²) in [4.78, 5) is 2.54. The molecule has 0 aromatic carbocycles. The number of hydrogen-bond acceptors (Lipinski definition) is 2. The van der Waals surface area contributed by atoms with Gasteiger partial charge in [-0.05, 0) is 44.6 Å². The Bertz CT molecular complexity index is 173. The highest BCUT2D eigenvalue weighted by Crippen LogP contribution is 2.33. The number of rotatable bonds is 5. The summed E-state index contributed by atoms with van der Waals surface area (Å²) in [7, 11) is 2.27. The molecule has 0 radical (unpaired) electrons. The highest BCUT2D eigenvalue weighted by atomic mass is 15.1. The zero-order valence-corrected chi connectivity index (χ0v) is 9.41. The molecular formula is C12H24N2. The predicted molar refractivity (Wildman–Crippen MR) is 60.2 cm³/mol. The second-order valence-electron chi connectivity index (χ2n) is 5.23. The Morgan fingerprint density at radius 1 is 1.21 bits per heavy atom. The first-order valence-corrected chi connectivity index (χ1v) is 6.21. The van der Waals surface area contributed by atoms with Gasteiger partial charge in [-0.2, -0.15) is 0 Å². The van der Waals surface area contributed by atoms with Crippen LogP contribution in [0, 0.1) is 11.8 Å². The molecular weight excluding hydrogens is 172 g/mol. The van der Waals surface area contributed by atoms with E-state index in [9.17, 15) is 0 Å². The Morgan fingerprint density at radius 3 is 2.21 bits per heavy atom. The van der Waals surface area contributed by atoms with Crippen LogP contribution >= 0.6 is 0 Å². The molecule has 1 atom stereocenters. The molecule has 0 heterocycles. The lowest BCUT2D eigenvalue weighted by molar-refractivity contribution is 0.0926. The third-order valence-electron chi connectivity index (χ3n) is 4.27.